The van der Waals surface area contributed by atoms with E-state index in [2.05, 4.69) is 4.99 Å². The van der Waals surface area contributed by atoms with Crippen LogP contribution < -0.4 is 0 Å². The first kappa shape index (κ1) is 19.7. The SMILES string of the molecule is CCc1ccc(C2=NC(=Cc3ccc(-c4cccc(C(F)(F)F)c4)o3)C(=O)O2)cc1. The summed E-state index contributed by atoms with van der Waals surface area (Å²) in [6, 6.07) is 15.4. The Morgan fingerprint density at radius 3 is 2.47 bits per heavy atom. The molecule has 0 saturated heterocycles. The molecule has 0 amide bonds. The van der Waals surface area contributed by atoms with Gasteiger partial charge in [0.1, 0.15) is 11.5 Å². The fourth-order valence-electron chi connectivity index (χ4n) is 2.98. The monoisotopic (exact) mass is 411 g/mol. The number of esters is 1. The first-order valence-corrected chi connectivity index (χ1v) is 9.23. The summed E-state index contributed by atoms with van der Waals surface area (Å²) in [7, 11) is 0. The molecule has 30 heavy (non-hydrogen) atoms. The van der Waals surface area contributed by atoms with E-state index in [0.29, 0.717) is 5.56 Å². The minimum absolute atomic E-state index is 0.0505. The van der Waals surface area contributed by atoms with Gasteiger partial charge in [0.05, 0.1) is 5.56 Å². The van der Waals surface area contributed by atoms with Crippen LogP contribution in [0.25, 0.3) is 17.4 Å². The Bertz CT molecular complexity index is 1150. The standard InChI is InChI=1S/C23H16F3NO3/c1-2-14-6-8-15(9-7-14)21-27-19(22(28)30-21)13-18-10-11-20(29-18)16-4-3-5-17(12-16)23(24,25)26/h3-13H,2H2,1H3. The summed E-state index contributed by atoms with van der Waals surface area (Å²) in [5, 5.41) is 0. The Morgan fingerprint density at radius 1 is 1.00 bits per heavy atom. The summed E-state index contributed by atoms with van der Waals surface area (Å²) in [4.78, 5) is 16.4. The van der Waals surface area contributed by atoms with Gasteiger partial charge in [-0.1, -0.05) is 31.2 Å². The summed E-state index contributed by atoms with van der Waals surface area (Å²) in [5.41, 5.74) is 1.39. The normalized spacial score (nSPS) is 15.4. The van der Waals surface area contributed by atoms with Crippen LogP contribution in [0.5, 0.6) is 0 Å². The molecular formula is C23H16F3NO3. The van der Waals surface area contributed by atoms with E-state index in [0.717, 1.165) is 24.1 Å². The number of alkyl halides is 3. The maximum atomic E-state index is 12.9. The molecule has 0 spiro atoms. The second kappa shape index (κ2) is 7.67. The molecule has 3 aromatic rings. The number of cyclic esters (lactones) is 1. The molecule has 0 atom stereocenters. The van der Waals surface area contributed by atoms with E-state index in [1.165, 1.54) is 24.3 Å². The third kappa shape index (κ3) is 4.05. The van der Waals surface area contributed by atoms with Crippen LogP contribution in [0.3, 0.4) is 0 Å². The van der Waals surface area contributed by atoms with Gasteiger partial charge < -0.3 is 9.15 Å². The average molecular weight is 411 g/mol. The van der Waals surface area contributed by atoms with Crippen LogP contribution in [0.4, 0.5) is 13.2 Å². The molecule has 152 valence electrons. The van der Waals surface area contributed by atoms with Crippen molar-refractivity contribution in [1.82, 2.24) is 0 Å². The zero-order chi connectivity index (χ0) is 21.3. The van der Waals surface area contributed by atoms with Crippen LogP contribution in [0.2, 0.25) is 0 Å². The highest BCUT2D eigenvalue weighted by atomic mass is 19.4. The van der Waals surface area contributed by atoms with Gasteiger partial charge in [-0.05, 0) is 48.4 Å². The highest BCUT2D eigenvalue weighted by Crippen LogP contribution is 2.33. The summed E-state index contributed by atoms with van der Waals surface area (Å²) < 4.78 is 49.6. The van der Waals surface area contributed by atoms with E-state index in [-0.39, 0.29) is 28.7 Å². The number of halogens is 3. The van der Waals surface area contributed by atoms with E-state index in [1.807, 2.05) is 31.2 Å². The molecule has 4 nitrogen and oxygen atoms in total. The number of benzene rings is 2. The van der Waals surface area contributed by atoms with Gasteiger partial charge in [-0.25, -0.2) is 9.79 Å². The lowest BCUT2D eigenvalue weighted by atomic mass is 10.1. The number of rotatable bonds is 4. The molecule has 1 aliphatic rings. The van der Waals surface area contributed by atoms with E-state index in [4.69, 9.17) is 9.15 Å². The fourth-order valence-corrected chi connectivity index (χ4v) is 2.98. The quantitative estimate of drug-likeness (QED) is 0.398. The van der Waals surface area contributed by atoms with Crippen molar-refractivity contribution in [2.75, 3.05) is 0 Å². The van der Waals surface area contributed by atoms with Gasteiger partial charge in [0.2, 0.25) is 5.90 Å². The number of carbonyl (C=O) groups is 1. The highest BCUT2D eigenvalue weighted by molar-refractivity contribution is 6.12. The zero-order valence-corrected chi connectivity index (χ0v) is 15.9. The minimum Gasteiger partial charge on any atom is -0.457 e. The van der Waals surface area contributed by atoms with Crippen molar-refractivity contribution < 1.29 is 27.1 Å². The van der Waals surface area contributed by atoms with Gasteiger partial charge in [-0.15, -0.1) is 0 Å². The summed E-state index contributed by atoms with van der Waals surface area (Å²) in [6.07, 6.45) is -2.15. The molecule has 2 heterocycles. The lowest BCUT2D eigenvalue weighted by molar-refractivity contribution is -0.137. The Morgan fingerprint density at radius 2 is 1.77 bits per heavy atom. The van der Waals surface area contributed by atoms with Gasteiger partial charge in [0.15, 0.2) is 5.70 Å². The van der Waals surface area contributed by atoms with Crippen molar-refractivity contribution in [1.29, 1.82) is 0 Å². The number of nitrogens with zero attached hydrogens (tertiary/aromatic N) is 1. The van der Waals surface area contributed by atoms with Crippen molar-refractivity contribution in [3.05, 3.63) is 88.8 Å². The van der Waals surface area contributed by atoms with Crippen molar-refractivity contribution in [3.8, 4) is 11.3 Å². The number of ether oxygens (including phenoxy) is 1. The van der Waals surface area contributed by atoms with Crippen molar-refractivity contribution >= 4 is 17.9 Å². The summed E-state index contributed by atoms with van der Waals surface area (Å²) in [5.74, 6) is 0.0968. The van der Waals surface area contributed by atoms with Crippen LogP contribution in [0, 0.1) is 0 Å². The maximum Gasteiger partial charge on any atom is 0.416 e. The molecule has 7 heteroatoms. The van der Waals surface area contributed by atoms with Gasteiger partial charge in [-0.2, -0.15) is 13.2 Å². The Balaban J connectivity index is 1.59. The largest absolute Gasteiger partial charge is 0.457 e. The Hall–Kier alpha value is -3.61. The number of hydrogen-bond donors (Lipinski definition) is 0. The van der Waals surface area contributed by atoms with Crippen LogP contribution in [-0.4, -0.2) is 11.9 Å². The highest BCUT2D eigenvalue weighted by Gasteiger charge is 2.30. The van der Waals surface area contributed by atoms with E-state index in [9.17, 15) is 18.0 Å². The first-order valence-electron chi connectivity index (χ1n) is 9.23. The van der Waals surface area contributed by atoms with Gasteiger partial charge in [-0.3, -0.25) is 0 Å². The van der Waals surface area contributed by atoms with Gasteiger partial charge in [0, 0.05) is 17.2 Å². The molecule has 4 rings (SSSR count). The van der Waals surface area contributed by atoms with Crippen molar-refractivity contribution in [2.45, 2.75) is 19.5 Å². The van der Waals surface area contributed by atoms with E-state index < -0.39 is 17.7 Å². The predicted molar refractivity (Wildman–Crippen MR) is 106 cm³/mol. The maximum absolute atomic E-state index is 12.9. The average Bonchev–Trinajstić information content (AvgIpc) is 3.35. The predicted octanol–water partition coefficient (Wildman–Crippen LogP) is 5.87. The third-order valence-corrected chi connectivity index (χ3v) is 4.61. The minimum atomic E-state index is -4.44. The lowest BCUT2D eigenvalue weighted by Gasteiger charge is -2.07. The van der Waals surface area contributed by atoms with E-state index in [1.54, 1.807) is 6.07 Å². The Kier molecular flexibility index (Phi) is 5.03. The Labute approximate surface area is 170 Å². The zero-order valence-electron chi connectivity index (χ0n) is 15.9. The first-order chi connectivity index (χ1) is 14.3. The van der Waals surface area contributed by atoms with Crippen LogP contribution in [0.1, 0.15) is 29.4 Å². The lowest BCUT2D eigenvalue weighted by Crippen LogP contribution is -2.05. The van der Waals surface area contributed by atoms with Gasteiger partial charge >= 0.3 is 12.1 Å². The molecule has 0 aliphatic carbocycles. The molecule has 1 aromatic heterocycles. The second-order valence-electron chi connectivity index (χ2n) is 6.67. The molecular weight excluding hydrogens is 395 g/mol. The second-order valence-corrected chi connectivity index (χ2v) is 6.67. The van der Waals surface area contributed by atoms with Gasteiger partial charge in [0.25, 0.3) is 0 Å². The topological polar surface area (TPSA) is 51.8 Å². The van der Waals surface area contributed by atoms with Crippen LogP contribution >= 0.6 is 0 Å². The molecule has 0 fully saturated rings. The van der Waals surface area contributed by atoms with Crippen molar-refractivity contribution in [3.63, 3.8) is 0 Å². The molecule has 1 aliphatic heterocycles. The fraction of sp³-hybridized carbons (Fsp3) is 0.130. The number of aliphatic imine (C=N–C) groups is 1. The third-order valence-electron chi connectivity index (χ3n) is 4.61. The molecule has 0 unspecified atom stereocenters. The summed E-state index contributed by atoms with van der Waals surface area (Å²) in [6.45, 7) is 2.04. The number of carbonyl (C=O) groups excluding carboxylic acids is 1. The number of furan rings is 1. The smallest absolute Gasteiger partial charge is 0.416 e. The van der Waals surface area contributed by atoms with Crippen LogP contribution in [0.15, 0.2) is 75.8 Å². The van der Waals surface area contributed by atoms with Crippen molar-refractivity contribution in [2.24, 2.45) is 4.99 Å². The molecule has 0 bridgehead atoms. The van der Waals surface area contributed by atoms with E-state index >= 15 is 0 Å². The molecule has 2 aromatic carbocycles. The summed E-state index contributed by atoms with van der Waals surface area (Å²) >= 11 is 0. The number of hydrogen-bond acceptors (Lipinski definition) is 4. The number of aryl methyl sites for hydroxylation is 1. The van der Waals surface area contributed by atoms with Crippen LogP contribution in [-0.2, 0) is 22.1 Å². The molecule has 0 saturated carbocycles. The molecule has 0 N–H and O–H groups in total. The molecule has 0 radical (unpaired) electrons.